The van der Waals surface area contributed by atoms with Crippen LogP contribution in [-0.2, 0) is 5.88 Å². The van der Waals surface area contributed by atoms with E-state index in [1.165, 1.54) is 28.6 Å². The first-order chi connectivity index (χ1) is 13.2. The molecule has 134 valence electrons. The van der Waals surface area contributed by atoms with Gasteiger partial charge >= 0.3 is 0 Å². The van der Waals surface area contributed by atoms with E-state index in [2.05, 4.69) is 25.5 Å². The van der Waals surface area contributed by atoms with Crippen molar-refractivity contribution in [1.29, 1.82) is 0 Å². The van der Waals surface area contributed by atoms with Gasteiger partial charge in [-0.2, -0.15) is 4.68 Å². The zero-order chi connectivity index (χ0) is 18.6. The van der Waals surface area contributed by atoms with Crippen molar-refractivity contribution in [3.05, 3.63) is 76.1 Å². The second-order valence-electron chi connectivity index (χ2n) is 5.57. The molecule has 0 spiro atoms. The average Bonchev–Trinajstić information content (AvgIpc) is 3.15. The van der Waals surface area contributed by atoms with Gasteiger partial charge in [0.2, 0.25) is 5.16 Å². The third-order valence-corrected chi connectivity index (χ3v) is 4.55. The van der Waals surface area contributed by atoms with E-state index in [1.54, 1.807) is 42.5 Å². The molecule has 9 heteroatoms. The Morgan fingerprint density at radius 1 is 1.11 bits per heavy atom. The van der Waals surface area contributed by atoms with Gasteiger partial charge in [-0.05, 0) is 35.9 Å². The number of rotatable bonds is 5. The molecule has 4 aromatic rings. The molecule has 0 aliphatic carbocycles. The zero-order valence-electron chi connectivity index (χ0n) is 13.9. The number of hydrogen-bond donors (Lipinski definition) is 1. The van der Waals surface area contributed by atoms with Crippen LogP contribution < -0.4 is 5.56 Å². The SMILES string of the molecule is O=c1c2ccccc2nnn1CSc1n[nH]c(/C=C/c2ccc(F)cc2)n1. The topological polar surface area (TPSA) is 89.4 Å². The lowest BCUT2D eigenvalue weighted by atomic mass is 10.2. The number of halogens is 1. The number of nitrogens with zero attached hydrogens (tertiary/aromatic N) is 5. The van der Waals surface area contributed by atoms with Gasteiger partial charge in [0, 0.05) is 0 Å². The molecule has 0 aliphatic heterocycles. The van der Waals surface area contributed by atoms with Gasteiger partial charge < -0.3 is 0 Å². The summed E-state index contributed by atoms with van der Waals surface area (Å²) in [4.78, 5) is 16.7. The number of nitrogens with one attached hydrogen (secondary N) is 1. The lowest BCUT2D eigenvalue weighted by molar-refractivity contribution is 0.628. The maximum absolute atomic E-state index is 12.9. The number of hydrogen-bond acceptors (Lipinski definition) is 6. The number of thioether (sulfide) groups is 1. The van der Waals surface area contributed by atoms with Gasteiger partial charge in [0.15, 0.2) is 0 Å². The van der Waals surface area contributed by atoms with Crippen LogP contribution in [0.2, 0.25) is 0 Å². The predicted molar refractivity (Wildman–Crippen MR) is 101 cm³/mol. The molecule has 0 saturated carbocycles. The molecule has 0 saturated heterocycles. The normalized spacial score (nSPS) is 11.4. The average molecular weight is 380 g/mol. The van der Waals surface area contributed by atoms with Crippen LogP contribution in [0.3, 0.4) is 0 Å². The Morgan fingerprint density at radius 2 is 1.93 bits per heavy atom. The van der Waals surface area contributed by atoms with Crippen molar-refractivity contribution in [3.8, 4) is 0 Å². The monoisotopic (exact) mass is 380 g/mol. The standard InChI is InChI=1S/C18H13FN6OS/c19-13-8-5-12(6-9-13)7-10-16-20-18(23-22-16)27-11-25-17(26)14-3-1-2-4-15(14)21-24-25/h1-10H,11H2,(H,20,22,23)/b10-7+. The van der Waals surface area contributed by atoms with E-state index in [0.29, 0.717) is 21.9 Å². The van der Waals surface area contributed by atoms with Crippen molar-refractivity contribution in [2.24, 2.45) is 0 Å². The molecular formula is C18H13FN6OS. The van der Waals surface area contributed by atoms with E-state index in [1.807, 2.05) is 6.07 Å². The molecule has 0 unspecified atom stereocenters. The first-order valence-corrected chi connectivity index (χ1v) is 8.99. The number of benzene rings is 2. The molecule has 4 rings (SSSR count). The van der Waals surface area contributed by atoms with Crippen molar-refractivity contribution in [2.45, 2.75) is 11.0 Å². The summed E-state index contributed by atoms with van der Waals surface area (Å²) in [6.07, 6.45) is 3.54. The lowest BCUT2D eigenvalue weighted by Crippen LogP contribution is -2.23. The van der Waals surface area contributed by atoms with Crippen LogP contribution in [0.1, 0.15) is 11.4 Å². The van der Waals surface area contributed by atoms with Gasteiger partial charge in [0.05, 0.1) is 11.3 Å². The van der Waals surface area contributed by atoms with Crippen molar-refractivity contribution < 1.29 is 4.39 Å². The van der Waals surface area contributed by atoms with Crippen LogP contribution in [-0.4, -0.2) is 30.2 Å². The van der Waals surface area contributed by atoms with Crippen LogP contribution in [0.5, 0.6) is 0 Å². The molecule has 2 aromatic heterocycles. The van der Waals surface area contributed by atoms with Crippen LogP contribution in [0.4, 0.5) is 4.39 Å². The molecule has 1 N–H and O–H groups in total. The van der Waals surface area contributed by atoms with Gasteiger partial charge in [-0.15, -0.1) is 10.2 Å². The number of aromatic amines is 1. The van der Waals surface area contributed by atoms with Gasteiger partial charge in [-0.25, -0.2) is 9.37 Å². The van der Waals surface area contributed by atoms with Crippen LogP contribution in [0.25, 0.3) is 23.1 Å². The third-order valence-electron chi connectivity index (χ3n) is 3.73. The fraction of sp³-hybridized carbons (Fsp3) is 0.0556. The first kappa shape index (κ1) is 17.1. The minimum Gasteiger partial charge on any atom is -0.267 e. The van der Waals surface area contributed by atoms with Gasteiger partial charge in [-0.1, -0.05) is 47.3 Å². The molecule has 0 atom stereocenters. The minimum atomic E-state index is -0.280. The van der Waals surface area contributed by atoms with Crippen LogP contribution in [0.15, 0.2) is 58.5 Å². The Morgan fingerprint density at radius 3 is 2.78 bits per heavy atom. The number of H-pyrrole nitrogens is 1. The summed E-state index contributed by atoms with van der Waals surface area (Å²) >= 11 is 1.26. The Labute approximate surface area is 157 Å². The summed E-state index contributed by atoms with van der Waals surface area (Å²) in [7, 11) is 0. The summed E-state index contributed by atoms with van der Waals surface area (Å²) in [6, 6.07) is 13.2. The molecule has 0 radical (unpaired) electrons. The van der Waals surface area contributed by atoms with Crippen molar-refractivity contribution >= 4 is 34.8 Å². The molecule has 27 heavy (non-hydrogen) atoms. The Bertz CT molecular complexity index is 1170. The maximum Gasteiger partial charge on any atom is 0.278 e. The predicted octanol–water partition coefficient (Wildman–Crippen LogP) is 2.97. The Hall–Kier alpha value is -3.33. The Balaban J connectivity index is 1.45. The van der Waals surface area contributed by atoms with E-state index >= 15 is 0 Å². The van der Waals surface area contributed by atoms with Crippen LogP contribution in [0, 0.1) is 5.82 Å². The van der Waals surface area contributed by atoms with Crippen molar-refractivity contribution in [1.82, 2.24) is 30.2 Å². The number of aromatic nitrogens is 6. The van der Waals surface area contributed by atoms with Crippen LogP contribution >= 0.6 is 11.8 Å². The summed E-state index contributed by atoms with van der Waals surface area (Å²) in [5, 5.41) is 15.9. The molecule has 2 aromatic carbocycles. The van der Waals surface area contributed by atoms with E-state index < -0.39 is 0 Å². The molecular weight excluding hydrogens is 367 g/mol. The summed E-state index contributed by atoms with van der Waals surface area (Å²) in [6.45, 7) is 0. The largest absolute Gasteiger partial charge is 0.278 e. The van der Waals surface area contributed by atoms with Gasteiger partial charge in [-0.3, -0.25) is 9.89 Å². The minimum absolute atomic E-state index is 0.208. The molecule has 2 heterocycles. The van der Waals surface area contributed by atoms with Crippen molar-refractivity contribution in [3.63, 3.8) is 0 Å². The van der Waals surface area contributed by atoms with E-state index in [0.717, 1.165) is 5.56 Å². The Kier molecular flexibility index (Phi) is 4.75. The highest BCUT2D eigenvalue weighted by atomic mass is 32.2. The summed E-state index contributed by atoms with van der Waals surface area (Å²) < 4.78 is 14.2. The second-order valence-corrected chi connectivity index (χ2v) is 6.48. The second kappa shape index (κ2) is 7.50. The summed E-state index contributed by atoms with van der Waals surface area (Å²) in [5.41, 5.74) is 1.20. The van der Waals surface area contributed by atoms with Gasteiger partial charge in [0.25, 0.3) is 5.56 Å². The molecule has 0 fully saturated rings. The highest BCUT2D eigenvalue weighted by Gasteiger charge is 2.07. The summed E-state index contributed by atoms with van der Waals surface area (Å²) in [5.74, 6) is 0.520. The fourth-order valence-electron chi connectivity index (χ4n) is 2.37. The zero-order valence-corrected chi connectivity index (χ0v) is 14.7. The molecule has 0 amide bonds. The van der Waals surface area contributed by atoms with Gasteiger partial charge in [0.1, 0.15) is 17.2 Å². The fourth-order valence-corrected chi connectivity index (χ4v) is 3.05. The van der Waals surface area contributed by atoms with E-state index in [9.17, 15) is 9.18 Å². The van der Waals surface area contributed by atoms with Crippen molar-refractivity contribution in [2.75, 3.05) is 0 Å². The smallest absolute Gasteiger partial charge is 0.267 e. The van der Waals surface area contributed by atoms with E-state index in [-0.39, 0.29) is 17.3 Å². The molecule has 0 bridgehead atoms. The molecule has 0 aliphatic rings. The first-order valence-electron chi connectivity index (χ1n) is 8.00. The quantitative estimate of drug-likeness (QED) is 0.536. The lowest BCUT2D eigenvalue weighted by Gasteiger charge is -2.02. The van der Waals surface area contributed by atoms with E-state index in [4.69, 9.17) is 0 Å². The maximum atomic E-state index is 12.9. The molecule has 7 nitrogen and oxygen atoms in total. The number of fused-ring (bicyclic) bond motifs is 1. The highest BCUT2D eigenvalue weighted by Crippen LogP contribution is 2.15. The third kappa shape index (κ3) is 3.93. The highest BCUT2D eigenvalue weighted by molar-refractivity contribution is 7.98.